The van der Waals surface area contributed by atoms with Crippen LogP contribution in [0.1, 0.15) is 32.4 Å². The third-order valence-electron chi connectivity index (χ3n) is 4.44. The molecule has 1 aromatic rings. The van der Waals surface area contributed by atoms with Crippen LogP contribution in [0.4, 0.5) is 10.2 Å². The Balaban J connectivity index is 2.27. The fourth-order valence-electron chi connectivity index (χ4n) is 3.02. The molecule has 33 heavy (non-hydrogen) atoms. The number of nitrogens with zero attached hydrogens (tertiary/aromatic N) is 2. The highest BCUT2D eigenvalue weighted by atomic mass is 31.3. The summed E-state index contributed by atoms with van der Waals surface area (Å²) in [4.78, 5) is 51.5. The van der Waals surface area contributed by atoms with E-state index in [4.69, 9.17) is 20.3 Å². The molecular weight excluding hydrogens is 518 g/mol. The number of aliphatic hydroxyl groups excluding tert-OH is 1. The minimum absolute atomic E-state index is 0.157. The summed E-state index contributed by atoms with van der Waals surface area (Å²) >= 11 is 0. The zero-order valence-electron chi connectivity index (χ0n) is 16.9. The van der Waals surface area contributed by atoms with E-state index in [1.165, 1.54) is 6.07 Å². The summed E-state index contributed by atoms with van der Waals surface area (Å²) in [5, 5.41) is 10.5. The Morgan fingerprint density at radius 1 is 1.24 bits per heavy atom. The van der Waals surface area contributed by atoms with Crippen molar-refractivity contribution in [1.29, 1.82) is 0 Å². The minimum atomic E-state index is -5.78. The maximum atomic E-state index is 14.9. The molecule has 0 saturated carbocycles. The molecule has 6 unspecified atom stereocenters. The van der Waals surface area contributed by atoms with Crippen LogP contribution in [0.3, 0.4) is 0 Å². The first-order valence-electron chi connectivity index (χ1n) is 9.14. The van der Waals surface area contributed by atoms with E-state index in [1.54, 1.807) is 6.92 Å². The highest BCUT2D eigenvalue weighted by molar-refractivity contribution is 7.66. The Morgan fingerprint density at radius 2 is 1.88 bits per heavy atom. The van der Waals surface area contributed by atoms with Crippen molar-refractivity contribution < 1.29 is 60.6 Å². The van der Waals surface area contributed by atoms with Gasteiger partial charge in [-0.05, 0) is 12.5 Å². The summed E-state index contributed by atoms with van der Waals surface area (Å²) in [6.07, 6.45) is -4.30. The number of nitrogen functional groups attached to an aromatic ring is 1. The summed E-state index contributed by atoms with van der Waals surface area (Å²) in [6, 6.07) is 1.17. The molecule has 1 saturated heterocycles. The van der Waals surface area contributed by atoms with E-state index >= 15 is 0 Å². The topological polar surface area (TPSA) is 250 Å². The SMILES string of the molecule is CCCCC1(COP(=O)(O)OP(=O)(O)OP(=O)(O)O)OC(n2ccc(N)nc2=O)C(F)C1O. The molecule has 7 N–H and O–H groups in total. The summed E-state index contributed by atoms with van der Waals surface area (Å²) in [5.41, 5.74) is 2.35. The molecule has 2 rings (SSSR count). The number of aromatic nitrogens is 2. The number of phosphoric acid groups is 3. The lowest BCUT2D eigenvalue weighted by Gasteiger charge is -2.32. The van der Waals surface area contributed by atoms with Gasteiger partial charge in [0.15, 0.2) is 12.4 Å². The van der Waals surface area contributed by atoms with Gasteiger partial charge in [0.05, 0.1) is 6.61 Å². The van der Waals surface area contributed by atoms with Crippen LogP contribution < -0.4 is 11.4 Å². The van der Waals surface area contributed by atoms with Crippen molar-refractivity contribution in [3.63, 3.8) is 0 Å². The van der Waals surface area contributed by atoms with Crippen LogP contribution in [0.15, 0.2) is 17.1 Å². The predicted octanol–water partition coefficient (Wildman–Crippen LogP) is 0.326. The highest BCUT2D eigenvalue weighted by Crippen LogP contribution is 2.66. The Hall–Kier alpha value is -1.06. The van der Waals surface area contributed by atoms with Gasteiger partial charge >= 0.3 is 29.2 Å². The summed E-state index contributed by atoms with van der Waals surface area (Å²) < 4.78 is 67.2. The molecule has 0 amide bonds. The second-order valence-electron chi connectivity index (χ2n) is 6.97. The van der Waals surface area contributed by atoms with Crippen molar-refractivity contribution in [3.05, 3.63) is 22.7 Å². The van der Waals surface area contributed by atoms with Crippen LogP contribution >= 0.6 is 23.5 Å². The minimum Gasteiger partial charge on any atom is -0.387 e. The molecule has 0 aromatic carbocycles. The van der Waals surface area contributed by atoms with Crippen LogP contribution in [0.5, 0.6) is 0 Å². The van der Waals surface area contributed by atoms with E-state index in [1.807, 2.05) is 0 Å². The van der Waals surface area contributed by atoms with Gasteiger partial charge in [0.2, 0.25) is 0 Å². The van der Waals surface area contributed by atoms with E-state index in [-0.39, 0.29) is 18.7 Å². The maximum absolute atomic E-state index is 14.9. The first-order valence-corrected chi connectivity index (χ1v) is 13.7. The fraction of sp³-hybridized carbons (Fsp3) is 0.692. The molecule has 1 aliphatic rings. The summed E-state index contributed by atoms with van der Waals surface area (Å²) in [7, 11) is -17.0. The predicted molar refractivity (Wildman–Crippen MR) is 106 cm³/mol. The standard InChI is InChI=1S/C13H23FN3O13P3/c1-2-3-5-13(7-27-32(23,24)30-33(25,26)29-31(20,21)22)10(18)9(14)11(28-13)17-6-4-8(15)16-12(17)19/h4,6,9-11,18H,2-3,5,7H2,1H3,(H,23,24)(H,25,26)(H2,15,16,19)(H2,20,21,22). The van der Waals surface area contributed by atoms with Crippen molar-refractivity contribution in [1.82, 2.24) is 9.55 Å². The lowest BCUT2D eigenvalue weighted by atomic mass is 9.91. The number of hydrogen-bond acceptors (Lipinski definition) is 11. The van der Waals surface area contributed by atoms with E-state index in [2.05, 4.69) is 18.1 Å². The number of nitrogens with two attached hydrogens (primary N) is 1. The molecule has 16 nitrogen and oxygen atoms in total. The third-order valence-corrected chi connectivity index (χ3v) is 8.22. The smallest absolute Gasteiger partial charge is 0.387 e. The molecule has 6 atom stereocenters. The number of alkyl halides is 1. The zero-order chi connectivity index (χ0) is 25.2. The van der Waals surface area contributed by atoms with Crippen molar-refractivity contribution in [3.8, 4) is 0 Å². The third kappa shape index (κ3) is 7.46. The second-order valence-corrected chi connectivity index (χ2v) is 11.4. The molecule has 0 spiro atoms. The normalized spacial score (nSPS) is 29.5. The molecule has 190 valence electrons. The van der Waals surface area contributed by atoms with E-state index in [0.29, 0.717) is 11.0 Å². The summed E-state index contributed by atoms with van der Waals surface area (Å²) in [5.74, 6) is -0.157. The van der Waals surface area contributed by atoms with E-state index in [0.717, 1.165) is 6.20 Å². The number of phosphoric ester groups is 1. The Morgan fingerprint density at radius 3 is 2.42 bits per heavy atom. The number of unbranched alkanes of at least 4 members (excludes halogenated alkanes) is 1. The Kier molecular flexibility index (Phi) is 8.78. The number of ether oxygens (including phenoxy) is 1. The average Bonchev–Trinajstić information content (AvgIpc) is 2.88. The maximum Gasteiger partial charge on any atom is 0.490 e. The van der Waals surface area contributed by atoms with Gasteiger partial charge in [-0.3, -0.25) is 9.09 Å². The molecule has 0 aliphatic carbocycles. The van der Waals surface area contributed by atoms with Crippen LogP contribution in [0.25, 0.3) is 0 Å². The molecular formula is C13H23FN3O13P3. The number of halogens is 1. The molecule has 0 radical (unpaired) electrons. The van der Waals surface area contributed by atoms with Crippen LogP contribution in [-0.4, -0.2) is 58.7 Å². The molecule has 1 aromatic heterocycles. The highest BCUT2D eigenvalue weighted by Gasteiger charge is 2.57. The first-order chi connectivity index (χ1) is 15.0. The van der Waals surface area contributed by atoms with Gasteiger partial charge in [0, 0.05) is 6.20 Å². The van der Waals surface area contributed by atoms with Gasteiger partial charge in [-0.25, -0.2) is 22.9 Å². The second kappa shape index (κ2) is 10.3. The number of rotatable bonds is 11. The van der Waals surface area contributed by atoms with Crippen molar-refractivity contribution in [2.45, 2.75) is 50.3 Å². The largest absolute Gasteiger partial charge is 0.490 e. The van der Waals surface area contributed by atoms with Gasteiger partial charge in [-0.15, -0.1) is 0 Å². The Labute approximate surface area is 185 Å². The van der Waals surface area contributed by atoms with Crippen LogP contribution in [0.2, 0.25) is 0 Å². The Bertz CT molecular complexity index is 1050. The van der Waals surface area contributed by atoms with Gasteiger partial charge in [-0.2, -0.15) is 13.6 Å². The quantitative estimate of drug-likeness (QED) is 0.206. The van der Waals surface area contributed by atoms with Crippen LogP contribution in [0, 0.1) is 0 Å². The fourth-order valence-corrected chi connectivity index (χ4v) is 6.10. The van der Waals surface area contributed by atoms with Gasteiger partial charge in [-0.1, -0.05) is 19.8 Å². The lowest BCUT2D eigenvalue weighted by molar-refractivity contribution is -0.131. The number of hydrogen-bond donors (Lipinski definition) is 6. The first kappa shape index (κ1) is 28.2. The molecule has 0 bridgehead atoms. The number of anilines is 1. The van der Waals surface area contributed by atoms with Gasteiger partial charge < -0.3 is 35.2 Å². The van der Waals surface area contributed by atoms with Gasteiger partial charge in [0.25, 0.3) is 0 Å². The van der Waals surface area contributed by atoms with E-state index in [9.17, 15) is 37.8 Å². The van der Waals surface area contributed by atoms with Crippen molar-refractivity contribution in [2.75, 3.05) is 12.3 Å². The number of aliphatic hydroxyl groups is 1. The average molecular weight is 541 g/mol. The monoisotopic (exact) mass is 541 g/mol. The molecule has 20 heteroatoms. The van der Waals surface area contributed by atoms with E-state index < -0.39 is 59.9 Å². The molecule has 1 fully saturated rings. The molecule has 2 heterocycles. The summed E-state index contributed by atoms with van der Waals surface area (Å²) in [6.45, 7) is 0.641. The van der Waals surface area contributed by atoms with Gasteiger partial charge in [0.1, 0.15) is 17.5 Å². The van der Waals surface area contributed by atoms with Crippen LogP contribution in [-0.2, 0) is 31.6 Å². The van der Waals surface area contributed by atoms with Crippen molar-refractivity contribution >= 4 is 29.3 Å². The van der Waals surface area contributed by atoms with Crippen molar-refractivity contribution in [2.24, 2.45) is 0 Å². The molecule has 1 aliphatic heterocycles. The zero-order valence-corrected chi connectivity index (χ0v) is 19.6. The lowest BCUT2D eigenvalue weighted by Crippen LogP contribution is -2.46.